The number of carbonyl (C=O) groups excluding carboxylic acids is 1. The van der Waals surface area contributed by atoms with Crippen LogP contribution in [0.2, 0.25) is 0 Å². The van der Waals surface area contributed by atoms with Crippen LogP contribution in [0.25, 0.3) is 0 Å². The van der Waals surface area contributed by atoms with E-state index in [1.54, 1.807) is 12.1 Å². The summed E-state index contributed by atoms with van der Waals surface area (Å²) in [6.07, 6.45) is 5.15. The summed E-state index contributed by atoms with van der Waals surface area (Å²) in [5.74, 6) is 0.441. The van der Waals surface area contributed by atoms with E-state index in [4.69, 9.17) is 0 Å². The van der Waals surface area contributed by atoms with E-state index in [2.05, 4.69) is 5.32 Å². The highest BCUT2D eigenvalue weighted by molar-refractivity contribution is 7.89. The molecule has 0 atom stereocenters. The van der Waals surface area contributed by atoms with Gasteiger partial charge < -0.3 is 5.32 Å². The van der Waals surface area contributed by atoms with Crippen LogP contribution >= 0.6 is 0 Å². The maximum Gasteiger partial charge on any atom is 0.243 e. The predicted molar refractivity (Wildman–Crippen MR) is 101 cm³/mol. The molecule has 1 aromatic rings. The van der Waals surface area contributed by atoms with Gasteiger partial charge in [-0.15, -0.1) is 0 Å². The van der Waals surface area contributed by atoms with Crippen molar-refractivity contribution in [3.63, 3.8) is 0 Å². The fraction of sp³-hybridized carbons (Fsp3) is 0.632. The van der Waals surface area contributed by atoms with Crippen LogP contribution in [0.1, 0.15) is 57.1 Å². The van der Waals surface area contributed by atoms with Crippen molar-refractivity contribution in [1.29, 1.82) is 0 Å². The van der Waals surface area contributed by atoms with Crippen molar-refractivity contribution in [2.45, 2.75) is 64.7 Å². The highest BCUT2D eigenvalue weighted by Gasteiger charge is 2.24. The minimum absolute atomic E-state index is 0.0215. The van der Waals surface area contributed by atoms with Gasteiger partial charge in [0.15, 0.2) is 0 Å². The second-order valence-electron chi connectivity index (χ2n) is 6.90. The summed E-state index contributed by atoms with van der Waals surface area (Å²) >= 11 is 0. The molecular weight excluding hydrogens is 336 g/mol. The molecule has 1 aliphatic rings. The number of nitrogens with one attached hydrogen (secondary N) is 1. The molecule has 0 aromatic heterocycles. The molecule has 1 saturated carbocycles. The summed E-state index contributed by atoms with van der Waals surface area (Å²) in [4.78, 5) is 12.6. The van der Waals surface area contributed by atoms with Crippen LogP contribution in [0.3, 0.4) is 0 Å². The van der Waals surface area contributed by atoms with Gasteiger partial charge in [-0.3, -0.25) is 4.79 Å². The van der Waals surface area contributed by atoms with Crippen LogP contribution in [0.5, 0.6) is 0 Å². The molecule has 6 heteroatoms. The van der Waals surface area contributed by atoms with Crippen LogP contribution in [0, 0.1) is 19.8 Å². The molecule has 1 N–H and O–H groups in total. The van der Waals surface area contributed by atoms with E-state index in [-0.39, 0.29) is 10.8 Å². The number of benzene rings is 1. The van der Waals surface area contributed by atoms with Crippen molar-refractivity contribution < 1.29 is 13.2 Å². The van der Waals surface area contributed by atoms with E-state index in [1.165, 1.54) is 17.1 Å². The summed E-state index contributed by atoms with van der Waals surface area (Å²) in [5.41, 5.74) is 2.39. The SMILES string of the molecule is CCN(CC)S(=O)(=O)c1cc(C)c(C)c(NC(=O)CC2CCCC2)c1. The number of nitrogens with zero attached hydrogens (tertiary/aromatic N) is 1. The average Bonchev–Trinajstić information content (AvgIpc) is 3.05. The van der Waals surface area contributed by atoms with Gasteiger partial charge in [-0.25, -0.2) is 8.42 Å². The Labute approximate surface area is 151 Å². The van der Waals surface area contributed by atoms with Crippen molar-refractivity contribution >= 4 is 21.6 Å². The average molecular weight is 367 g/mol. The minimum Gasteiger partial charge on any atom is -0.326 e. The Morgan fingerprint density at radius 2 is 1.76 bits per heavy atom. The molecule has 0 radical (unpaired) electrons. The van der Waals surface area contributed by atoms with Crippen molar-refractivity contribution in [1.82, 2.24) is 4.31 Å². The fourth-order valence-corrected chi connectivity index (χ4v) is 5.07. The molecule has 1 fully saturated rings. The molecule has 5 nitrogen and oxygen atoms in total. The Balaban J connectivity index is 2.26. The Morgan fingerprint density at radius 1 is 1.16 bits per heavy atom. The molecule has 0 spiro atoms. The van der Waals surface area contributed by atoms with Gasteiger partial charge >= 0.3 is 0 Å². The Hall–Kier alpha value is -1.40. The van der Waals surface area contributed by atoms with Crippen LogP contribution in [0.15, 0.2) is 17.0 Å². The zero-order chi connectivity index (χ0) is 18.6. The molecular formula is C19H30N2O3S. The number of amides is 1. The molecule has 1 aliphatic carbocycles. The van der Waals surface area contributed by atoms with Crippen molar-refractivity contribution in [2.75, 3.05) is 18.4 Å². The van der Waals surface area contributed by atoms with Crippen LogP contribution in [-0.4, -0.2) is 31.7 Å². The third-order valence-corrected chi connectivity index (χ3v) is 7.23. The third-order valence-electron chi connectivity index (χ3n) is 5.21. The number of anilines is 1. The molecule has 1 aromatic carbocycles. The number of hydrogen-bond donors (Lipinski definition) is 1. The van der Waals surface area contributed by atoms with Gasteiger partial charge in [-0.2, -0.15) is 4.31 Å². The summed E-state index contributed by atoms with van der Waals surface area (Å²) < 4.78 is 27.0. The lowest BCUT2D eigenvalue weighted by Gasteiger charge is -2.20. The first kappa shape index (κ1) is 19.9. The first-order valence-electron chi connectivity index (χ1n) is 9.20. The molecule has 140 valence electrons. The minimum atomic E-state index is -3.54. The molecule has 1 amide bonds. The van der Waals surface area contributed by atoms with Gasteiger partial charge in [0.25, 0.3) is 0 Å². The largest absolute Gasteiger partial charge is 0.326 e. The summed E-state index contributed by atoms with van der Waals surface area (Å²) in [6.45, 7) is 8.29. The summed E-state index contributed by atoms with van der Waals surface area (Å²) in [5, 5.41) is 2.94. The lowest BCUT2D eigenvalue weighted by molar-refractivity contribution is -0.117. The summed E-state index contributed by atoms with van der Waals surface area (Å²) in [7, 11) is -3.54. The topological polar surface area (TPSA) is 66.5 Å². The molecule has 0 unspecified atom stereocenters. The fourth-order valence-electron chi connectivity index (χ4n) is 3.50. The van der Waals surface area contributed by atoms with Gasteiger partial charge in [0.2, 0.25) is 15.9 Å². The monoisotopic (exact) mass is 366 g/mol. The lowest BCUT2D eigenvalue weighted by Crippen LogP contribution is -2.30. The third kappa shape index (κ3) is 4.61. The molecule has 25 heavy (non-hydrogen) atoms. The molecule has 0 aliphatic heterocycles. The Morgan fingerprint density at radius 3 is 2.32 bits per heavy atom. The number of sulfonamides is 1. The van der Waals surface area contributed by atoms with Crippen LogP contribution in [0.4, 0.5) is 5.69 Å². The quantitative estimate of drug-likeness (QED) is 0.797. The van der Waals surface area contributed by atoms with Gasteiger partial charge in [-0.05, 0) is 55.9 Å². The summed E-state index contributed by atoms with van der Waals surface area (Å²) in [6, 6.07) is 3.29. The first-order valence-corrected chi connectivity index (χ1v) is 10.6. The van der Waals surface area contributed by atoms with Crippen molar-refractivity contribution in [2.24, 2.45) is 5.92 Å². The zero-order valence-corrected chi connectivity index (χ0v) is 16.6. The first-order chi connectivity index (χ1) is 11.8. The second-order valence-corrected chi connectivity index (χ2v) is 8.84. The number of hydrogen-bond acceptors (Lipinski definition) is 3. The van der Waals surface area contributed by atoms with E-state index in [0.29, 0.717) is 31.1 Å². The van der Waals surface area contributed by atoms with Crippen molar-refractivity contribution in [3.8, 4) is 0 Å². The highest BCUT2D eigenvalue weighted by atomic mass is 32.2. The van der Waals surface area contributed by atoms with Gasteiger partial charge in [0.05, 0.1) is 4.90 Å². The maximum absolute atomic E-state index is 12.8. The Bertz CT molecular complexity index is 718. The number of carbonyl (C=O) groups is 1. The van der Waals surface area contributed by atoms with Gasteiger partial charge in [0.1, 0.15) is 0 Å². The molecule has 0 heterocycles. The lowest BCUT2D eigenvalue weighted by atomic mass is 10.0. The normalized spacial score (nSPS) is 15.7. The maximum atomic E-state index is 12.8. The van der Waals surface area contributed by atoms with E-state index in [0.717, 1.165) is 24.0 Å². The van der Waals surface area contributed by atoms with E-state index < -0.39 is 10.0 Å². The Kier molecular flexibility index (Phi) is 6.63. The van der Waals surface area contributed by atoms with Gasteiger partial charge in [0, 0.05) is 25.2 Å². The second kappa shape index (κ2) is 8.32. The highest BCUT2D eigenvalue weighted by Crippen LogP contribution is 2.29. The number of rotatable bonds is 7. The number of aryl methyl sites for hydroxylation is 1. The van der Waals surface area contributed by atoms with E-state index in [9.17, 15) is 13.2 Å². The molecule has 0 saturated heterocycles. The smallest absolute Gasteiger partial charge is 0.243 e. The molecule has 2 rings (SSSR count). The van der Waals surface area contributed by atoms with E-state index in [1.807, 2.05) is 27.7 Å². The predicted octanol–water partition coefficient (Wildman–Crippen LogP) is 3.85. The van der Waals surface area contributed by atoms with Crippen LogP contribution in [-0.2, 0) is 14.8 Å². The van der Waals surface area contributed by atoms with Crippen molar-refractivity contribution in [3.05, 3.63) is 23.3 Å². The van der Waals surface area contributed by atoms with Gasteiger partial charge in [-0.1, -0.05) is 26.7 Å². The zero-order valence-electron chi connectivity index (χ0n) is 15.8. The van der Waals surface area contributed by atoms with E-state index >= 15 is 0 Å². The van der Waals surface area contributed by atoms with Crippen LogP contribution < -0.4 is 5.32 Å². The standard InChI is InChI=1S/C19H30N2O3S/c1-5-21(6-2)25(23,24)17-11-14(3)15(4)18(13-17)20-19(22)12-16-9-7-8-10-16/h11,13,16H,5-10,12H2,1-4H3,(H,20,22). The molecule has 0 bridgehead atoms.